The summed E-state index contributed by atoms with van der Waals surface area (Å²) in [5.74, 6) is -2.19. The molecule has 0 saturated carbocycles. The van der Waals surface area contributed by atoms with Crippen LogP contribution >= 0.6 is 0 Å². The van der Waals surface area contributed by atoms with Crippen LogP contribution in [0.2, 0.25) is 0 Å². The highest BCUT2D eigenvalue weighted by molar-refractivity contribution is 6.13. The zero-order chi connectivity index (χ0) is 20.5. The van der Waals surface area contributed by atoms with Crippen LogP contribution in [0, 0.1) is 10.8 Å². The minimum Gasteiger partial charge on any atom is -0.419 e. The summed E-state index contributed by atoms with van der Waals surface area (Å²) in [7, 11) is 0. The van der Waals surface area contributed by atoms with Gasteiger partial charge in [0.25, 0.3) is 11.8 Å². The van der Waals surface area contributed by atoms with Gasteiger partial charge in [0, 0.05) is 28.5 Å². The molecule has 29 heavy (non-hydrogen) atoms. The lowest BCUT2D eigenvalue weighted by atomic mass is 10.1. The van der Waals surface area contributed by atoms with Gasteiger partial charge in [0.15, 0.2) is 0 Å². The maximum Gasteiger partial charge on any atom is 0.312 e. The number of nitrogens with one attached hydrogen (secondary N) is 3. The van der Waals surface area contributed by atoms with Gasteiger partial charge in [-0.2, -0.15) is 13.9 Å². The SMILES string of the molecule is N=C(OC(=N)C(F)F)c1ccc2c(c1)C(=O)N(c1ccccc1-c1cn[nH]c1)C2. The fourth-order valence-electron chi connectivity index (χ4n) is 3.20. The number of anilines is 1. The van der Waals surface area contributed by atoms with E-state index in [0.717, 1.165) is 16.7 Å². The number of alkyl halides is 2. The molecular weight excluding hydrogens is 380 g/mol. The Labute approximate surface area is 163 Å². The highest BCUT2D eigenvalue weighted by Crippen LogP contribution is 2.35. The lowest BCUT2D eigenvalue weighted by molar-refractivity contribution is 0.0996. The Hall–Kier alpha value is -3.88. The number of amides is 1. The number of hydrogen-bond acceptors (Lipinski definition) is 5. The van der Waals surface area contributed by atoms with Gasteiger partial charge in [-0.25, -0.2) is 0 Å². The highest BCUT2D eigenvalue weighted by atomic mass is 19.3. The molecule has 0 atom stereocenters. The zero-order valence-electron chi connectivity index (χ0n) is 14.9. The van der Waals surface area contributed by atoms with E-state index in [2.05, 4.69) is 14.9 Å². The molecule has 0 unspecified atom stereocenters. The smallest absolute Gasteiger partial charge is 0.312 e. The van der Waals surface area contributed by atoms with Gasteiger partial charge in [0.1, 0.15) is 0 Å². The van der Waals surface area contributed by atoms with Crippen LogP contribution in [0.1, 0.15) is 21.5 Å². The van der Waals surface area contributed by atoms with Crippen LogP contribution in [0.25, 0.3) is 11.1 Å². The molecule has 4 rings (SSSR count). The average Bonchev–Trinajstić information content (AvgIpc) is 3.36. The van der Waals surface area contributed by atoms with Crippen molar-refractivity contribution in [2.24, 2.45) is 0 Å². The standard InChI is InChI=1S/C20H15F2N5O2/c21-17(22)19(24)29-18(23)11-5-6-12-10-27(20(28)15(12)7-11)16-4-2-1-3-14(16)13-8-25-26-9-13/h1-9,17,23-24H,10H2,(H,25,26). The summed E-state index contributed by atoms with van der Waals surface area (Å²) in [6, 6.07) is 12.0. The fraction of sp³-hybridized carbons (Fsp3) is 0.100. The maximum absolute atomic E-state index is 13.1. The molecule has 1 aliphatic rings. The molecular formula is C20H15F2N5O2. The third-order valence-corrected chi connectivity index (χ3v) is 4.59. The predicted molar refractivity (Wildman–Crippen MR) is 103 cm³/mol. The Morgan fingerprint density at radius 2 is 1.97 bits per heavy atom. The molecule has 2 aromatic carbocycles. The second kappa shape index (κ2) is 7.27. The van der Waals surface area contributed by atoms with Crippen LogP contribution in [0.5, 0.6) is 0 Å². The van der Waals surface area contributed by atoms with E-state index < -0.39 is 18.2 Å². The normalized spacial score (nSPS) is 12.9. The van der Waals surface area contributed by atoms with E-state index in [0.29, 0.717) is 17.8 Å². The molecule has 9 heteroatoms. The van der Waals surface area contributed by atoms with Crippen molar-refractivity contribution in [3.63, 3.8) is 0 Å². The van der Waals surface area contributed by atoms with E-state index in [1.807, 2.05) is 24.3 Å². The lowest BCUT2D eigenvalue weighted by Gasteiger charge is -2.19. The molecule has 3 N–H and O–H groups in total. The van der Waals surface area contributed by atoms with E-state index in [1.54, 1.807) is 23.4 Å². The number of aromatic amines is 1. The van der Waals surface area contributed by atoms with Crippen molar-refractivity contribution in [2.45, 2.75) is 13.0 Å². The molecule has 0 saturated heterocycles. The van der Waals surface area contributed by atoms with E-state index in [1.165, 1.54) is 12.1 Å². The first-order chi connectivity index (χ1) is 14.0. The Kier molecular flexibility index (Phi) is 4.63. The van der Waals surface area contributed by atoms with Gasteiger partial charge in [-0.3, -0.25) is 20.7 Å². The van der Waals surface area contributed by atoms with E-state index in [9.17, 15) is 13.6 Å². The fourth-order valence-corrected chi connectivity index (χ4v) is 3.20. The monoisotopic (exact) mass is 395 g/mol. The summed E-state index contributed by atoms with van der Waals surface area (Å²) in [5.41, 5.74) is 3.64. The first kappa shape index (κ1) is 18.5. The Balaban J connectivity index is 1.64. The number of para-hydroxylation sites is 1. The van der Waals surface area contributed by atoms with Crippen LogP contribution in [0.15, 0.2) is 54.9 Å². The molecule has 0 radical (unpaired) electrons. The van der Waals surface area contributed by atoms with Crippen LogP contribution in [0.4, 0.5) is 14.5 Å². The van der Waals surface area contributed by atoms with Crippen LogP contribution in [-0.2, 0) is 11.3 Å². The maximum atomic E-state index is 13.1. The van der Waals surface area contributed by atoms with E-state index >= 15 is 0 Å². The number of ether oxygens (including phenoxy) is 1. The van der Waals surface area contributed by atoms with Gasteiger partial charge in [0.2, 0.25) is 5.90 Å². The van der Waals surface area contributed by atoms with Crippen molar-refractivity contribution in [2.75, 3.05) is 4.90 Å². The summed E-state index contributed by atoms with van der Waals surface area (Å²) in [4.78, 5) is 14.7. The van der Waals surface area contributed by atoms with Gasteiger partial charge in [0.05, 0.1) is 18.4 Å². The number of halogens is 2. The minimum absolute atomic E-state index is 0.146. The molecule has 0 aliphatic carbocycles. The number of aromatic nitrogens is 2. The Morgan fingerprint density at radius 3 is 2.69 bits per heavy atom. The summed E-state index contributed by atoms with van der Waals surface area (Å²) in [6.45, 7) is 0.338. The first-order valence-corrected chi connectivity index (χ1v) is 8.62. The molecule has 0 fully saturated rings. The van der Waals surface area contributed by atoms with Gasteiger partial charge in [-0.1, -0.05) is 24.3 Å². The van der Waals surface area contributed by atoms with Crippen molar-refractivity contribution in [3.05, 3.63) is 71.5 Å². The number of carbonyl (C=O) groups excluding carboxylic acids is 1. The lowest BCUT2D eigenvalue weighted by Crippen LogP contribution is -2.23. The van der Waals surface area contributed by atoms with Gasteiger partial charge >= 0.3 is 6.43 Å². The van der Waals surface area contributed by atoms with E-state index in [-0.39, 0.29) is 11.5 Å². The Bertz CT molecular complexity index is 1110. The largest absolute Gasteiger partial charge is 0.419 e. The summed E-state index contributed by atoms with van der Waals surface area (Å²) in [6.07, 6.45) is 0.295. The molecule has 0 bridgehead atoms. The number of fused-ring (bicyclic) bond motifs is 1. The number of hydrogen-bond donors (Lipinski definition) is 3. The van der Waals surface area contributed by atoms with Crippen molar-refractivity contribution >= 4 is 23.4 Å². The van der Waals surface area contributed by atoms with Crippen molar-refractivity contribution < 1.29 is 18.3 Å². The summed E-state index contributed by atoms with van der Waals surface area (Å²) >= 11 is 0. The molecule has 1 aliphatic heterocycles. The second-order valence-corrected chi connectivity index (χ2v) is 6.36. The minimum atomic E-state index is -3.11. The molecule has 7 nitrogen and oxygen atoms in total. The molecule has 1 aromatic heterocycles. The van der Waals surface area contributed by atoms with Gasteiger partial charge < -0.3 is 9.64 Å². The zero-order valence-corrected chi connectivity index (χ0v) is 14.9. The number of carbonyl (C=O) groups is 1. The molecule has 0 spiro atoms. The molecule has 146 valence electrons. The van der Waals surface area contributed by atoms with Crippen LogP contribution in [0.3, 0.4) is 0 Å². The topological polar surface area (TPSA) is 106 Å². The molecule has 3 aromatic rings. The van der Waals surface area contributed by atoms with Gasteiger partial charge in [-0.15, -0.1) is 0 Å². The second-order valence-electron chi connectivity index (χ2n) is 6.36. The number of benzene rings is 2. The van der Waals surface area contributed by atoms with E-state index in [4.69, 9.17) is 10.8 Å². The van der Waals surface area contributed by atoms with Gasteiger partial charge in [-0.05, 0) is 23.8 Å². The van der Waals surface area contributed by atoms with Crippen molar-refractivity contribution in [3.8, 4) is 11.1 Å². The van der Waals surface area contributed by atoms with Crippen LogP contribution in [-0.4, -0.2) is 34.3 Å². The predicted octanol–water partition coefficient (Wildman–Crippen LogP) is 3.82. The summed E-state index contributed by atoms with van der Waals surface area (Å²) < 4.78 is 29.5. The summed E-state index contributed by atoms with van der Waals surface area (Å²) in [5, 5.41) is 21.6. The van der Waals surface area contributed by atoms with Crippen LogP contribution < -0.4 is 4.90 Å². The third kappa shape index (κ3) is 3.38. The average molecular weight is 395 g/mol. The van der Waals surface area contributed by atoms with Crippen molar-refractivity contribution in [1.29, 1.82) is 10.8 Å². The number of H-pyrrole nitrogens is 1. The first-order valence-electron chi connectivity index (χ1n) is 8.62. The third-order valence-electron chi connectivity index (χ3n) is 4.59. The van der Waals surface area contributed by atoms with Crippen molar-refractivity contribution in [1.82, 2.24) is 10.2 Å². The quantitative estimate of drug-likeness (QED) is 0.462. The molecule has 1 amide bonds. The molecule has 2 heterocycles. The Morgan fingerprint density at radius 1 is 1.17 bits per heavy atom. The highest BCUT2D eigenvalue weighted by Gasteiger charge is 2.31. The number of rotatable bonds is 4. The number of nitrogens with zero attached hydrogens (tertiary/aromatic N) is 2.